The third kappa shape index (κ3) is 2.61. The van der Waals surface area contributed by atoms with Crippen LogP contribution in [0.1, 0.15) is 12.1 Å². The molecule has 1 aromatic heterocycles. The summed E-state index contributed by atoms with van der Waals surface area (Å²) in [7, 11) is -4.25. The van der Waals surface area contributed by atoms with E-state index in [-0.39, 0.29) is 0 Å². The lowest BCUT2D eigenvalue weighted by molar-refractivity contribution is 0.145. The summed E-state index contributed by atoms with van der Waals surface area (Å²) in [6, 6.07) is 0.601. The molecule has 0 spiro atoms. The van der Waals surface area contributed by atoms with Gasteiger partial charge in [0.1, 0.15) is 4.47 Å². The van der Waals surface area contributed by atoms with Crippen molar-refractivity contribution >= 4 is 26.0 Å². The van der Waals surface area contributed by atoms with E-state index in [1.54, 1.807) is 0 Å². The summed E-state index contributed by atoms with van der Waals surface area (Å²) in [4.78, 5) is 13.0. The van der Waals surface area contributed by atoms with Gasteiger partial charge in [-0.1, -0.05) is 0 Å². The van der Waals surface area contributed by atoms with Crippen LogP contribution in [0.15, 0.2) is 20.4 Å². The molecule has 1 aromatic rings. The van der Waals surface area contributed by atoms with Crippen molar-refractivity contribution in [2.75, 3.05) is 0 Å². The molecule has 84 valence electrons. The maximum Gasteiger partial charge on any atom is 0.278 e. The van der Waals surface area contributed by atoms with Crippen LogP contribution in [0.2, 0.25) is 0 Å². The van der Waals surface area contributed by atoms with E-state index in [1.807, 2.05) is 4.98 Å². The molecule has 0 aliphatic carbocycles. The minimum absolute atomic E-state index is 0.394. The Morgan fingerprint density at radius 1 is 1.47 bits per heavy atom. The van der Waals surface area contributed by atoms with Gasteiger partial charge in [-0.05, 0) is 15.9 Å². The van der Waals surface area contributed by atoms with E-state index in [0.29, 0.717) is 6.07 Å². The van der Waals surface area contributed by atoms with E-state index in [4.69, 9.17) is 5.14 Å². The normalized spacial score (nSPS) is 12.1. The molecule has 0 saturated carbocycles. The van der Waals surface area contributed by atoms with Crippen LogP contribution in [0.25, 0.3) is 0 Å². The average molecular weight is 303 g/mol. The van der Waals surface area contributed by atoms with Crippen LogP contribution in [0, 0.1) is 0 Å². The van der Waals surface area contributed by atoms with Gasteiger partial charge in [-0.2, -0.15) is 0 Å². The molecule has 0 aromatic carbocycles. The van der Waals surface area contributed by atoms with Crippen molar-refractivity contribution in [2.45, 2.75) is 11.5 Å². The van der Waals surface area contributed by atoms with E-state index in [1.165, 1.54) is 0 Å². The molecule has 1 heterocycles. The first-order valence-electron chi connectivity index (χ1n) is 3.47. The lowest BCUT2D eigenvalue weighted by Crippen LogP contribution is -2.20. The molecule has 0 radical (unpaired) electrons. The minimum Gasteiger partial charge on any atom is -0.343 e. The molecule has 15 heavy (non-hydrogen) atoms. The first-order chi connectivity index (χ1) is 6.73. The van der Waals surface area contributed by atoms with Gasteiger partial charge in [0.05, 0.1) is 5.69 Å². The summed E-state index contributed by atoms with van der Waals surface area (Å²) in [6.45, 7) is 0. The van der Waals surface area contributed by atoms with Gasteiger partial charge in [-0.25, -0.2) is 22.3 Å². The number of rotatable bonds is 2. The first-order valence-corrected chi connectivity index (χ1v) is 5.81. The molecule has 0 bridgehead atoms. The van der Waals surface area contributed by atoms with Crippen molar-refractivity contribution in [3.05, 3.63) is 26.5 Å². The summed E-state index contributed by atoms with van der Waals surface area (Å²) >= 11 is 2.65. The molecular weight excluding hydrogens is 298 g/mol. The minimum atomic E-state index is -4.25. The largest absolute Gasteiger partial charge is 0.343 e. The number of hydrogen-bond donors (Lipinski definition) is 2. The number of alkyl halides is 2. The summed E-state index contributed by atoms with van der Waals surface area (Å²) in [5.74, 6) is 0. The molecule has 0 saturated heterocycles. The number of aromatic amines is 1. The molecule has 0 unspecified atom stereocenters. The van der Waals surface area contributed by atoms with Crippen LogP contribution >= 0.6 is 15.9 Å². The fourth-order valence-electron chi connectivity index (χ4n) is 0.852. The lowest BCUT2D eigenvalue weighted by atomic mass is 10.3. The van der Waals surface area contributed by atoms with E-state index >= 15 is 0 Å². The van der Waals surface area contributed by atoms with Crippen LogP contribution < -0.4 is 10.6 Å². The maximum absolute atomic E-state index is 12.2. The van der Waals surface area contributed by atoms with E-state index in [2.05, 4.69) is 15.9 Å². The van der Waals surface area contributed by atoms with E-state index in [9.17, 15) is 22.0 Å². The average Bonchev–Trinajstić information content (AvgIpc) is 2.06. The third-order valence-electron chi connectivity index (χ3n) is 1.48. The van der Waals surface area contributed by atoms with Gasteiger partial charge < -0.3 is 4.98 Å². The fourth-order valence-corrected chi connectivity index (χ4v) is 2.35. The van der Waals surface area contributed by atoms with Crippen molar-refractivity contribution in [2.24, 2.45) is 5.14 Å². The first kappa shape index (κ1) is 12.3. The highest BCUT2D eigenvalue weighted by Crippen LogP contribution is 2.20. The van der Waals surface area contributed by atoms with Crippen LogP contribution in [0.4, 0.5) is 8.78 Å². The quantitative estimate of drug-likeness (QED) is 0.843. The smallest absolute Gasteiger partial charge is 0.278 e. The second-order valence-electron chi connectivity index (χ2n) is 2.58. The van der Waals surface area contributed by atoms with Gasteiger partial charge in [0.25, 0.3) is 16.4 Å². The number of aromatic nitrogens is 1. The summed E-state index contributed by atoms with van der Waals surface area (Å²) in [5, 5.41) is 3.96. The molecule has 3 N–H and O–H groups in total. The number of H-pyrrole nitrogens is 1. The SMILES string of the molecule is NS(=O)(=O)c1[nH]c(C(F)F)cc(=O)c1Br. The van der Waals surface area contributed by atoms with Gasteiger partial charge in [-0.3, -0.25) is 4.79 Å². The van der Waals surface area contributed by atoms with Crippen molar-refractivity contribution in [1.29, 1.82) is 0 Å². The molecule has 0 amide bonds. The molecule has 0 aliphatic rings. The number of sulfonamides is 1. The predicted octanol–water partition coefficient (Wildman–Crippen LogP) is 0.722. The van der Waals surface area contributed by atoms with Crippen molar-refractivity contribution < 1.29 is 17.2 Å². The van der Waals surface area contributed by atoms with Crippen molar-refractivity contribution in [1.82, 2.24) is 4.98 Å². The highest BCUT2D eigenvalue weighted by molar-refractivity contribution is 9.10. The van der Waals surface area contributed by atoms with Crippen LogP contribution in [-0.2, 0) is 10.0 Å². The Balaban J connectivity index is 3.60. The highest BCUT2D eigenvalue weighted by Gasteiger charge is 2.19. The summed E-state index contributed by atoms with van der Waals surface area (Å²) in [5.41, 5.74) is -1.68. The summed E-state index contributed by atoms with van der Waals surface area (Å²) < 4.78 is 45.9. The Morgan fingerprint density at radius 2 is 2.00 bits per heavy atom. The molecular formula is C6H5BrF2N2O3S. The number of nitrogens with two attached hydrogens (primary N) is 1. The number of nitrogens with one attached hydrogen (secondary N) is 1. The molecule has 1 rings (SSSR count). The monoisotopic (exact) mass is 302 g/mol. The van der Waals surface area contributed by atoms with Gasteiger partial charge in [0.2, 0.25) is 0 Å². The zero-order chi connectivity index (χ0) is 11.8. The number of halogens is 3. The zero-order valence-electron chi connectivity index (χ0n) is 7.00. The maximum atomic E-state index is 12.2. The van der Waals surface area contributed by atoms with Gasteiger partial charge in [-0.15, -0.1) is 0 Å². The second-order valence-corrected chi connectivity index (χ2v) is 4.87. The Kier molecular flexibility index (Phi) is 3.26. The molecule has 0 aliphatic heterocycles. The molecule has 5 nitrogen and oxygen atoms in total. The van der Waals surface area contributed by atoms with Gasteiger partial charge >= 0.3 is 0 Å². The summed E-state index contributed by atoms with van der Waals surface area (Å²) in [6.07, 6.45) is -2.98. The fraction of sp³-hybridized carbons (Fsp3) is 0.167. The number of pyridine rings is 1. The van der Waals surface area contributed by atoms with Crippen LogP contribution in [0.3, 0.4) is 0 Å². The molecule has 9 heteroatoms. The number of primary sulfonamides is 1. The van der Waals surface area contributed by atoms with Gasteiger partial charge in [0.15, 0.2) is 10.5 Å². The van der Waals surface area contributed by atoms with Crippen LogP contribution in [-0.4, -0.2) is 13.4 Å². The third-order valence-corrected chi connectivity index (χ3v) is 3.40. The van der Waals surface area contributed by atoms with Crippen LogP contribution in [0.5, 0.6) is 0 Å². The Hall–Kier alpha value is -0.800. The van der Waals surface area contributed by atoms with E-state index < -0.39 is 37.1 Å². The van der Waals surface area contributed by atoms with Crippen molar-refractivity contribution in [3.8, 4) is 0 Å². The number of hydrogen-bond acceptors (Lipinski definition) is 3. The highest BCUT2D eigenvalue weighted by atomic mass is 79.9. The Bertz CT molecular complexity index is 540. The van der Waals surface area contributed by atoms with E-state index in [0.717, 1.165) is 0 Å². The Labute approximate surface area is 91.5 Å². The molecule has 0 fully saturated rings. The Morgan fingerprint density at radius 3 is 2.40 bits per heavy atom. The van der Waals surface area contributed by atoms with Gasteiger partial charge in [0, 0.05) is 6.07 Å². The molecule has 0 atom stereocenters. The lowest BCUT2D eigenvalue weighted by Gasteiger charge is -2.05. The topological polar surface area (TPSA) is 93.0 Å². The zero-order valence-corrected chi connectivity index (χ0v) is 9.40. The van der Waals surface area contributed by atoms with Crippen molar-refractivity contribution in [3.63, 3.8) is 0 Å². The second kappa shape index (κ2) is 3.99. The predicted molar refractivity (Wildman–Crippen MR) is 51.1 cm³/mol. The standard InChI is InChI=1S/C6H5BrF2N2O3S/c7-4-3(12)1-2(5(8)9)11-6(4)15(10,13)14/h1,5H,(H,11,12)(H2,10,13,14).